The van der Waals surface area contributed by atoms with Crippen molar-refractivity contribution in [2.24, 2.45) is 0 Å². The molecule has 0 unspecified atom stereocenters. The van der Waals surface area contributed by atoms with Gasteiger partial charge in [0.2, 0.25) is 0 Å². The quantitative estimate of drug-likeness (QED) is 0.410. The first-order valence-corrected chi connectivity index (χ1v) is 11.6. The number of hydrogen-bond donors (Lipinski definition) is 0. The summed E-state index contributed by atoms with van der Waals surface area (Å²) in [5, 5.41) is 0. The van der Waals surface area contributed by atoms with Crippen molar-refractivity contribution in [3.8, 4) is 11.5 Å². The predicted molar refractivity (Wildman–Crippen MR) is 139 cm³/mol. The number of aryl methyl sites for hydroxylation is 1. The molecule has 0 radical (unpaired) electrons. The maximum absolute atomic E-state index is 13.7. The van der Waals surface area contributed by atoms with E-state index in [1.165, 1.54) is 11.1 Å². The van der Waals surface area contributed by atoms with E-state index in [1.807, 2.05) is 35.2 Å². The van der Waals surface area contributed by atoms with Gasteiger partial charge in [-0.1, -0.05) is 55.5 Å². The Bertz CT molecular complexity index is 1230. The third-order valence-corrected chi connectivity index (χ3v) is 6.84. The lowest BCUT2D eigenvalue weighted by Crippen LogP contribution is -2.55. The molecule has 1 atom stereocenters. The van der Waals surface area contributed by atoms with Crippen LogP contribution >= 0.6 is 0 Å². The number of methoxy groups -OCH3 is 2. The van der Waals surface area contributed by atoms with Gasteiger partial charge in [0.05, 0.1) is 14.2 Å². The lowest BCUT2D eigenvalue weighted by atomic mass is 9.65. The summed E-state index contributed by atoms with van der Waals surface area (Å²) in [6.45, 7) is 8.67. The minimum Gasteiger partial charge on any atom is -0.493 e. The maximum atomic E-state index is 13.7. The number of hydrogen-bond acceptors (Lipinski definition) is 3. The number of anilines is 1. The van der Waals surface area contributed by atoms with Crippen molar-refractivity contribution in [2.75, 3.05) is 19.1 Å². The van der Waals surface area contributed by atoms with Crippen LogP contribution in [0, 0.1) is 6.92 Å². The molecule has 34 heavy (non-hydrogen) atoms. The summed E-state index contributed by atoms with van der Waals surface area (Å²) < 4.78 is 10.7. The highest BCUT2D eigenvalue weighted by atomic mass is 16.5. The van der Waals surface area contributed by atoms with E-state index < -0.39 is 0 Å². The third kappa shape index (κ3) is 4.21. The van der Waals surface area contributed by atoms with Gasteiger partial charge in [-0.05, 0) is 73.7 Å². The van der Waals surface area contributed by atoms with Gasteiger partial charge >= 0.3 is 0 Å². The van der Waals surface area contributed by atoms with Gasteiger partial charge in [-0.15, -0.1) is 0 Å². The van der Waals surface area contributed by atoms with Crippen molar-refractivity contribution in [3.05, 3.63) is 95.1 Å². The van der Waals surface area contributed by atoms with Crippen LogP contribution in [-0.2, 0) is 10.2 Å². The molecule has 0 N–H and O–H groups in total. The van der Waals surface area contributed by atoms with Crippen molar-refractivity contribution < 1.29 is 14.3 Å². The molecule has 0 saturated carbocycles. The van der Waals surface area contributed by atoms with Crippen molar-refractivity contribution in [2.45, 2.75) is 45.1 Å². The van der Waals surface area contributed by atoms with E-state index in [4.69, 9.17) is 9.47 Å². The summed E-state index contributed by atoms with van der Waals surface area (Å²) in [7, 11) is 3.22. The molecule has 4 nitrogen and oxygen atoms in total. The summed E-state index contributed by atoms with van der Waals surface area (Å²) in [5.74, 6) is 1.25. The van der Waals surface area contributed by atoms with Gasteiger partial charge in [0.1, 0.15) is 0 Å². The van der Waals surface area contributed by atoms with Crippen molar-refractivity contribution in [3.63, 3.8) is 0 Å². The van der Waals surface area contributed by atoms with Gasteiger partial charge < -0.3 is 14.4 Å². The van der Waals surface area contributed by atoms with E-state index in [1.54, 1.807) is 20.3 Å². The minimum atomic E-state index is -0.385. The molecule has 0 bridgehead atoms. The van der Waals surface area contributed by atoms with E-state index >= 15 is 0 Å². The molecule has 176 valence electrons. The lowest BCUT2D eigenvalue weighted by Gasteiger charge is -2.51. The van der Waals surface area contributed by atoms with E-state index in [-0.39, 0.29) is 16.9 Å². The van der Waals surface area contributed by atoms with Gasteiger partial charge in [-0.2, -0.15) is 0 Å². The fourth-order valence-corrected chi connectivity index (χ4v) is 5.34. The topological polar surface area (TPSA) is 38.8 Å². The van der Waals surface area contributed by atoms with Crippen LogP contribution in [0.15, 0.2) is 72.8 Å². The Hall–Kier alpha value is -3.53. The molecule has 1 heterocycles. The Balaban J connectivity index is 1.76. The zero-order valence-electron chi connectivity index (χ0n) is 20.9. The SMILES string of the molecule is COc1ccc(/C=C/C(=O)N2c3cc(C)ccc3[C@@](C)(c3ccccc3)CC2(C)C)cc1OC. The number of rotatable bonds is 5. The fourth-order valence-electron chi connectivity index (χ4n) is 5.34. The van der Waals surface area contributed by atoms with Crippen LogP contribution in [0.1, 0.15) is 49.4 Å². The summed E-state index contributed by atoms with van der Waals surface area (Å²) in [6.07, 6.45) is 4.30. The van der Waals surface area contributed by atoms with Crippen molar-refractivity contribution >= 4 is 17.7 Å². The van der Waals surface area contributed by atoms with Gasteiger partial charge in [-0.3, -0.25) is 4.79 Å². The predicted octanol–water partition coefficient (Wildman–Crippen LogP) is 6.55. The second-order valence-corrected chi connectivity index (χ2v) is 9.83. The first kappa shape index (κ1) is 23.6. The van der Waals surface area contributed by atoms with Gasteiger partial charge in [-0.25, -0.2) is 0 Å². The van der Waals surface area contributed by atoms with Crippen LogP contribution in [0.2, 0.25) is 0 Å². The molecule has 0 fully saturated rings. The van der Waals surface area contributed by atoms with Crippen LogP contribution in [0.5, 0.6) is 11.5 Å². The van der Waals surface area contributed by atoms with Crippen molar-refractivity contribution in [1.82, 2.24) is 0 Å². The Labute approximate surface area is 202 Å². The molecular weight excluding hydrogens is 422 g/mol. The number of ether oxygens (including phenoxy) is 2. The van der Waals surface area contributed by atoms with Crippen LogP contribution in [-0.4, -0.2) is 25.7 Å². The second-order valence-electron chi connectivity index (χ2n) is 9.83. The molecule has 1 aliphatic rings. The summed E-state index contributed by atoms with van der Waals surface area (Å²) >= 11 is 0. The first-order chi connectivity index (χ1) is 16.2. The highest BCUT2D eigenvalue weighted by Gasteiger charge is 2.47. The monoisotopic (exact) mass is 455 g/mol. The largest absolute Gasteiger partial charge is 0.493 e. The average Bonchev–Trinajstić information content (AvgIpc) is 2.82. The number of fused-ring (bicyclic) bond motifs is 1. The smallest absolute Gasteiger partial charge is 0.251 e. The molecule has 1 amide bonds. The van der Waals surface area contributed by atoms with E-state index in [9.17, 15) is 4.79 Å². The standard InChI is InChI=1S/C30H33NO3/c1-21-12-15-24-25(18-21)31(29(2,3)20-30(24,4)23-10-8-7-9-11-23)28(32)17-14-22-13-16-26(33-5)27(19-22)34-6/h7-19H,20H2,1-6H3/b17-14+/t30-/m1/s1. The molecule has 3 aromatic rings. The summed E-state index contributed by atoms with van der Waals surface area (Å²) in [5.41, 5.74) is 4.84. The fraction of sp³-hybridized carbons (Fsp3) is 0.300. The van der Waals surface area contributed by atoms with Crippen LogP contribution < -0.4 is 14.4 Å². The van der Waals surface area contributed by atoms with Gasteiger partial charge in [0, 0.05) is 22.7 Å². The number of amides is 1. The molecular formula is C30H33NO3. The minimum absolute atomic E-state index is 0.0400. The Morgan fingerprint density at radius 1 is 0.912 bits per heavy atom. The highest BCUT2D eigenvalue weighted by molar-refractivity contribution is 6.06. The zero-order valence-corrected chi connectivity index (χ0v) is 20.9. The van der Waals surface area contributed by atoms with Crippen molar-refractivity contribution in [1.29, 1.82) is 0 Å². The number of carbonyl (C=O) groups is 1. The molecule has 4 rings (SSSR count). The van der Waals surface area contributed by atoms with Crippen LogP contribution in [0.3, 0.4) is 0 Å². The number of nitrogens with zero attached hydrogens (tertiary/aromatic N) is 1. The average molecular weight is 456 g/mol. The molecule has 4 heteroatoms. The maximum Gasteiger partial charge on any atom is 0.251 e. The van der Waals surface area contributed by atoms with E-state index in [0.29, 0.717) is 11.5 Å². The molecule has 0 aromatic heterocycles. The number of benzene rings is 3. The zero-order chi connectivity index (χ0) is 24.5. The molecule has 0 saturated heterocycles. The van der Waals surface area contributed by atoms with Gasteiger partial charge in [0.15, 0.2) is 11.5 Å². The Kier molecular flexibility index (Phi) is 6.26. The molecule has 0 spiro atoms. The Morgan fingerprint density at radius 2 is 1.62 bits per heavy atom. The molecule has 3 aromatic carbocycles. The lowest BCUT2D eigenvalue weighted by molar-refractivity contribution is -0.115. The normalized spacial score (nSPS) is 19.1. The molecule has 0 aliphatic carbocycles. The number of carbonyl (C=O) groups excluding carboxylic acids is 1. The van der Waals surface area contributed by atoms with Crippen LogP contribution in [0.25, 0.3) is 6.08 Å². The highest BCUT2D eigenvalue weighted by Crippen LogP contribution is 2.50. The third-order valence-electron chi connectivity index (χ3n) is 6.84. The second kappa shape index (κ2) is 9.02. The Morgan fingerprint density at radius 3 is 2.29 bits per heavy atom. The summed E-state index contributed by atoms with van der Waals surface area (Å²) in [4.78, 5) is 15.6. The van der Waals surface area contributed by atoms with Crippen LogP contribution in [0.4, 0.5) is 5.69 Å². The van der Waals surface area contributed by atoms with E-state index in [2.05, 4.69) is 70.2 Å². The summed E-state index contributed by atoms with van der Waals surface area (Å²) in [6, 6.07) is 22.7. The first-order valence-electron chi connectivity index (χ1n) is 11.6. The molecule has 1 aliphatic heterocycles. The van der Waals surface area contributed by atoms with E-state index in [0.717, 1.165) is 23.2 Å². The van der Waals surface area contributed by atoms with Gasteiger partial charge in [0.25, 0.3) is 5.91 Å².